The first-order valence-electron chi connectivity index (χ1n) is 3.74. The molecule has 0 spiro atoms. The van der Waals surface area contributed by atoms with E-state index in [9.17, 15) is 4.79 Å². The summed E-state index contributed by atoms with van der Waals surface area (Å²) in [4.78, 5) is 17.0. The summed E-state index contributed by atoms with van der Waals surface area (Å²) in [5.41, 5.74) is 5.84. The van der Waals surface area contributed by atoms with Crippen LogP contribution < -0.4 is 11.3 Å². The van der Waals surface area contributed by atoms with E-state index < -0.39 is 0 Å². The van der Waals surface area contributed by atoms with Gasteiger partial charge in [-0.25, -0.2) is 4.98 Å². The molecule has 0 aliphatic rings. The molecule has 12 heavy (non-hydrogen) atoms. The molecule has 1 heterocycles. The second-order valence-corrected chi connectivity index (χ2v) is 2.32. The lowest BCUT2D eigenvalue weighted by Crippen LogP contribution is -2.04. The molecule has 0 bridgehead atoms. The van der Waals surface area contributed by atoms with Crippen LogP contribution in [0.2, 0.25) is 0 Å². The van der Waals surface area contributed by atoms with Crippen molar-refractivity contribution in [3.8, 4) is 0 Å². The minimum atomic E-state index is -0.189. The Hall–Kier alpha value is -1.42. The Kier molecular flexibility index (Phi) is 3.22. The third-order valence-electron chi connectivity index (χ3n) is 1.32. The Morgan fingerprint density at radius 2 is 2.50 bits per heavy atom. The first-order chi connectivity index (χ1) is 5.83. The second-order valence-electron chi connectivity index (χ2n) is 2.32. The van der Waals surface area contributed by atoms with E-state index in [4.69, 9.17) is 5.73 Å². The third kappa shape index (κ3) is 2.67. The molecule has 4 heteroatoms. The molecule has 0 aromatic carbocycles. The Labute approximate surface area is 70.1 Å². The normalized spacial score (nSPS) is 10.8. The Morgan fingerprint density at radius 3 is 3.08 bits per heavy atom. The number of rotatable bonds is 3. The fourth-order valence-corrected chi connectivity index (χ4v) is 0.744. The number of nitrogens with two attached hydrogens (primary N) is 1. The summed E-state index contributed by atoms with van der Waals surface area (Å²) in [6, 6.07) is 0. The van der Waals surface area contributed by atoms with E-state index >= 15 is 0 Å². The summed E-state index contributed by atoms with van der Waals surface area (Å²) in [6.07, 6.45) is 7.38. The van der Waals surface area contributed by atoms with Crippen LogP contribution in [-0.4, -0.2) is 16.5 Å². The molecule has 0 saturated carbocycles. The second kappa shape index (κ2) is 4.46. The van der Waals surface area contributed by atoms with Gasteiger partial charge in [0.25, 0.3) is 5.56 Å². The van der Waals surface area contributed by atoms with Crippen LogP contribution in [0.25, 0.3) is 6.08 Å². The molecule has 0 aliphatic carbocycles. The summed E-state index contributed by atoms with van der Waals surface area (Å²) < 4.78 is 0. The lowest BCUT2D eigenvalue weighted by Gasteiger charge is -1.89. The van der Waals surface area contributed by atoms with Gasteiger partial charge >= 0.3 is 0 Å². The van der Waals surface area contributed by atoms with Gasteiger partial charge in [0.2, 0.25) is 0 Å². The monoisotopic (exact) mass is 165 g/mol. The Balaban J connectivity index is 2.64. The van der Waals surface area contributed by atoms with E-state index in [1.165, 1.54) is 6.20 Å². The van der Waals surface area contributed by atoms with Gasteiger partial charge in [0.1, 0.15) is 0 Å². The van der Waals surface area contributed by atoms with Crippen molar-refractivity contribution in [3.63, 3.8) is 0 Å². The molecule has 0 radical (unpaired) electrons. The molecule has 64 valence electrons. The molecule has 0 aliphatic heterocycles. The maximum atomic E-state index is 10.6. The van der Waals surface area contributed by atoms with Crippen molar-refractivity contribution in [2.75, 3.05) is 6.54 Å². The van der Waals surface area contributed by atoms with Crippen molar-refractivity contribution < 1.29 is 0 Å². The van der Waals surface area contributed by atoms with E-state index in [0.29, 0.717) is 6.54 Å². The molecule has 1 rings (SSSR count). The van der Waals surface area contributed by atoms with Crippen LogP contribution in [0, 0.1) is 0 Å². The number of H-pyrrole nitrogens is 1. The Bertz CT molecular complexity index is 296. The zero-order valence-corrected chi connectivity index (χ0v) is 6.66. The highest BCUT2D eigenvalue weighted by atomic mass is 16.1. The van der Waals surface area contributed by atoms with Crippen LogP contribution in [0.3, 0.4) is 0 Å². The van der Waals surface area contributed by atoms with Gasteiger partial charge in [-0.05, 0) is 19.0 Å². The zero-order valence-electron chi connectivity index (χ0n) is 6.66. The van der Waals surface area contributed by atoms with Gasteiger partial charge in [0, 0.05) is 6.20 Å². The molecule has 4 nitrogen and oxygen atoms in total. The highest BCUT2D eigenvalue weighted by Crippen LogP contribution is 1.92. The van der Waals surface area contributed by atoms with Gasteiger partial charge in [0.05, 0.1) is 11.9 Å². The van der Waals surface area contributed by atoms with E-state index in [1.54, 1.807) is 6.20 Å². The summed E-state index contributed by atoms with van der Waals surface area (Å²) in [7, 11) is 0. The van der Waals surface area contributed by atoms with E-state index in [0.717, 1.165) is 12.1 Å². The van der Waals surface area contributed by atoms with Crippen molar-refractivity contribution in [2.24, 2.45) is 5.73 Å². The quantitative estimate of drug-likeness (QED) is 0.668. The minimum Gasteiger partial charge on any atom is -0.330 e. The fourth-order valence-electron chi connectivity index (χ4n) is 0.744. The molecule has 0 saturated heterocycles. The van der Waals surface area contributed by atoms with Crippen LogP contribution in [-0.2, 0) is 0 Å². The smallest absolute Gasteiger partial charge is 0.266 e. The van der Waals surface area contributed by atoms with Gasteiger partial charge in [-0.15, -0.1) is 0 Å². The highest BCUT2D eigenvalue weighted by molar-refractivity contribution is 5.42. The van der Waals surface area contributed by atoms with Crippen molar-refractivity contribution in [1.29, 1.82) is 0 Å². The maximum absolute atomic E-state index is 10.6. The van der Waals surface area contributed by atoms with Gasteiger partial charge in [-0.2, -0.15) is 0 Å². The summed E-state index contributed by atoms with van der Waals surface area (Å²) in [5.74, 6) is 0. The first kappa shape index (κ1) is 8.67. The van der Waals surface area contributed by atoms with Crippen LogP contribution in [0.5, 0.6) is 0 Å². The van der Waals surface area contributed by atoms with E-state index in [1.807, 2.05) is 12.2 Å². The van der Waals surface area contributed by atoms with Crippen molar-refractivity contribution in [3.05, 3.63) is 34.5 Å². The third-order valence-corrected chi connectivity index (χ3v) is 1.32. The van der Waals surface area contributed by atoms with Gasteiger partial charge in [0.15, 0.2) is 0 Å². The predicted molar refractivity (Wildman–Crippen MR) is 47.6 cm³/mol. The van der Waals surface area contributed by atoms with Crippen LogP contribution in [0.1, 0.15) is 12.1 Å². The molecule has 0 atom stereocenters. The SMILES string of the molecule is NCCC=Cc1c[nH]c(=O)cn1. The lowest BCUT2D eigenvalue weighted by molar-refractivity contribution is 1.01. The van der Waals surface area contributed by atoms with E-state index in [2.05, 4.69) is 9.97 Å². The number of nitrogens with zero attached hydrogens (tertiary/aromatic N) is 1. The van der Waals surface area contributed by atoms with Crippen LogP contribution in [0.4, 0.5) is 0 Å². The largest absolute Gasteiger partial charge is 0.330 e. The summed E-state index contributed by atoms with van der Waals surface area (Å²) in [5, 5.41) is 0. The average Bonchev–Trinajstić information content (AvgIpc) is 2.09. The highest BCUT2D eigenvalue weighted by Gasteiger charge is 1.85. The standard InChI is InChI=1S/C8H11N3O/c9-4-2-1-3-7-5-11-8(12)6-10-7/h1,3,5-6H,2,4,9H2,(H,11,12). The molecule has 0 unspecified atom stereocenters. The lowest BCUT2D eigenvalue weighted by atomic mass is 10.3. The fraction of sp³-hybridized carbons (Fsp3) is 0.250. The van der Waals surface area contributed by atoms with Crippen molar-refractivity contribution in [1.82, 2.24) is 9.97 Å². The van der Waals surface area contributed by atoms with Crippen molar-refractivity contribution >= 4 is 6.08 Å². The molecular weight excluding hydrogens is 154 g/mol. The van der Waals surface area contributed by atoms with E-state index in [-0.39, 0.29) is 5.56 Å². The van der Waals surface area contributed by atoms with Gasteiger partial charge < -0.3 is 10.7 Å². The predicted octanol–water partition coefficient (Wildman–Crippen LogP) is 0.132. The van der Waals surface area contributed by atoms with Gasteiger partial charge in [-0.3, -0.25) is 4.79 Å². The number of aromatic amines is 1. The molecular formula is C8H11N3O. The number of hydrogen-bond acceptors (Lipinski definition) is 3. The number of hydrogen-bond donors (Lipinski definition) is 2. The molecule has 1 aromatic heterocycles. The zero-order chi connectivity index (χ0) is 8.81. The van der Waals surface area contributed by atoms with Crippen LogP contribution >= 0.6 is 0 Å². The molecule has 0 fully saturated rings. The minimum absolute atomic E-state index is 0.189. The Morgan fingerprint density at radius 1 is 1.67 bits per heavy atom. The molecule has 3 N–H and O–H groups in total. The number of aromatic nitrogens is 2. The number of nitrogens with one attached hydrogen (secondary N) is 1. The summed E-state index contributed by atoms with van der Waals surface area (Å²) in [6.45, 7) is 0.625. The maximum Gasteiger partial charge on any atom is 0.266 e. The van der Waals surface area contributed by atoms with Gasteiger partial charge in [-0.1, -0.05) is 6.08 Å². The summed E-state index contributed by atoms with van der Waals surface area (Å²) >= 11 is 0. The molecule has 1 aromatic rings. The van der Waals surface area contributed by atoms with Crippen LogP contribution in [0.15, 0.2) is 23.3 Å². The first-order valence-corrected chi connectivity index (χ1v) is 3.74. The average molecular weight is 165 g/mol. The topological polar surface area (TPSA) is 71.8 Å². The molecule has 0 amide bonds. The van der Waals surface area contributed by atoms with Crippen molar-refractivity contribution in [2.45, 2.75) is 6.42 Å².